The fourth-order valence-corrected chi connectivity index (χ4v) is 3.24. The monoisotopic (exact) mass is 196 g/mol. The van der Waals surface area contributed by atoms with Gasteiger partial charge in [0.2, 0.25) is 0 Å². The zero-order valence-electron chi connectivity index (χ0n) is 9.63. The minimum absolute atomic E-state index is 0.799. The largest absolute Gasteiger partial charge is 0.312 e. The van der Waals surface area contributed by atoms with Crippen molar-refractivity contribution in [2.75, 3.05) is 13.1 Å². The first-order valence-electron chi connectivity index (χ1n) is 6.32. The van der Waals surface area contributed by atoms with Crippen LogP contribution in [0.4, 0.5) is 0 Å². The van der Waals surface area contributed by atoms with Gasteiger partial charge in [0.05, 0.1) is 0 Å². The molecule has 14 heavy (non-hydrogen) atoms. The highest BCUT2D eigenvalue weighted by Gasteiger charge is 2.36. The van der Waals surface area contributed by atoms with Crippen LogP contribution < -0.4 is 5.32 Å². The molecule has 3 atom stereocenters. The molecule has 0 aliphatic carbocycles. The van der Waals surface area contributed by atoms with Gasteiger partial charge in [-0.2, -0.15) is 0 Å². The molecule has 0 aromatic carbocycles. The van der Waals surface area contributed by atoms with Crippen LogP contribution in [-0.2, 0) is 0 Å². The zero-order valence-corrected chi connectivity index (χ0v) is 9.63. The van der Waals surface area contributed by atoms with Gasteiger partial charge < -0.3 is 5.32 Å². The Morgan fingerprint density at radius 2 is 2.29 bits per heavy atom. The standard InChI is InChI=1S/C12H24N2/c1-3-5-10(2)14-9-4-6-11-12(14)7-8-13-11/h10-13H,3-9H2,1-2H3/t10?,11-,12-/m1/s1. The summed E-state index contributed by atoms with van der Waals surface area (Å²) < 4.78 is 0. The van der Waals surface area contributed by atoms with Crippen molar-refractivity contribution in [2.45, 2.75) is 64.1 Å². The number of nitrogens with one attached hydrogen (secondary N) is 1. The Kier molecular flexibility index (Phi) is 3.45. The van der Waals surface area contributed by atoms with Gasteiger partial charge in [-0.15, -0.1) is 0 Å². The van der Waals surface area contributed by atoms with Crippen LogP contribution in [0.5, 0.6) is 0 Å². The second-order valence-corrected chi connectivity index (χ2v) is 4.93. The molecule has 2 heterocycles. The Morgan fingerprint density at radius 1 is 1.43 bits per heavy atom. The van der Waals surface area contributed by atoms with Gasteiger partial charge in [-0.3, -0.25) is 4.90 Å². The smallest absolute Gasteiger partial charge is 0.0264 e. The molecule has 0 bridgehead atoms. The molecule has 0 spiro atoms. The molecule has 2 aliphatic heterocycles. The van der Waals surface area contributed by atoms with Crippen molar-refractivity contribution < 1.29 is 0 Å². The third kappa shape index (κ3) is 1.96. The molecule has 0 radical (unpaired) electrons. The average molecular weight is 196 g/mol. The van der Waals surface area contributed by atoms with Crippen LogP contribution in [-0.4, -0.2) is 36.1 Å². The molecule has 0 saturated carbocycles. The predicted octanol–water partition coefficient (Wildman–Crippen LogP) is 2.00. The number of hydrogen-bond acceptors (Lipinski definition) is 2. The maximum Gasteiger partial charge on any atom is 0.0264 e. The summed E-state index contributed by atoms with van der Waals surface area (Å²) in [6.45, 7) is 7.28. The van der Waals surface area contributed by atoms with Gasteiger partial charge in [0.15, 0.2) is 0 Å². The van der Waals surface area contributed by atoms with E-state index in [1.54, 1.807) is 0 Å². The number of hydrogen-bond donors (Lipinski definition) is 1. The molecule has 2 nitrogen and oxygen atoms in total. The van der Waals surface area contributed by atoms with Crippen molar-refractivity contribution in [1.29, 1.82) is 0 Å². The highest BCUT2D eigenvalue weighted by molar-refractivity contribution is 4.95. The van der Waals surface area contributed by atoms with Crippen LogP contribution in [0.3, 0.4) is 0 Å². The van der Waals surface area contributed by atoms with Gasteiger partial charge >= 0.3 is 0 Å². The fourth-order valence-electron chi connectivity index (χ4n) is 3.24. The van der Waals surface area contributed by atoms with Crippen molar-refractivity contribution in [3.63, 3.8) is 0 Å². The summed E-state index contributed by atoms with van der Waals surface area (Å²) in [6.07, 6.45) is 6.85. The van der Waals surface area contributed by atoms with E-state index in [-0.39, 0.29) is 0 Å². The van der Waals surface area contributed by atoms with E-state index < -0.39 is 0 Å². The van der Waals surface area contributed by atoms with E-state index in [0.717, 1.165) is 18.1 Å². The molecule has 0 aromatic rings. The molecule has 2 aliphatic rings. The van der Waals surface area contributed by atoms with E-state index in [9.17, 15) is 0 Å². The minimum Gasteiger partial charge on any atom is -0.312 e. The summed E-state index contributed by atoms with van der Waals surface area (Å²) in [5.41, 5.74) is 0. The van der Waals surface area contributed by atoms with E-state index in [4.69, 9.17) is 0 Å². The topological polar surface area (TPSA) is 15.3 Å². The van der Waals surface area contributed by atoms with Gasteiger partial charge in [0.1, 0.15) is 0 Å². The first kappa shape index (κ1) is 10.4. The molecule has 2 fully saturated rings. The average Bonchev–Trinajstić information content (AvgIpc) is 2.65. The third-order valence-electron chi connectivity index (χ3n) is 3.94. The number of fused-ring (bicyclic) bond motifs is 1. The lowest BCUT2D eigenvalue weighted by Crippen LogP contribution is -2.51. The Balaban J connectivity index is 1.95. The zero-order chi connectivity index (χ0) is 9.97. The number of nitrogens with zero attached hydrogens (tertiary/aromatic N) is 1. The summed E-state index contributed by atoms with van der Waals surface area (Å²) in [5.74, 6) is 0. The third-order valence-corrected chi connectivity index (χ3v) is 3.94. The Bertz CT molecular complexity index is 181. The highest BCUT2D eigenvalue weighted by Crippen LogP contribution is 2.27. The number of rotatable bonds is 3. The van der Waals surface area contributed by atoms with Gasteiger partial charge in [0.25, 0.3) is 0 Å². The van der Waals surface area contributed by atoms with Crippen LogP contribution in [0, 0.1) is 0 Å². The normalized spacial score (nSPS) is 35.6. The maximum absolute atomic E-state index is 3.64. The van der Waals surface area contributed by atoms with E-state index in [1.165, 1.54) is 45.2 Å². The molecule has 0 aromatic heterocycles. The molecular weight excluding hydrogens is 172 g/mol. The van der Waals surface area contributed by atoms with E-state index in [1.807, 2.05) is 0 Å². The number of piperidine rings is 1. The maximum atomic E-state index is 3.64. The van der Waals surface area contributed by atoms with Crippen molar-refractivity contribution in [3.05, 3.63) is 0 Å². The lowest BCUT2D eigenvalue weighted by molar-refractivity contribution is 0.0912. The number of likely N-dealkylation sites (tertiary alicyclic amines) is 1. The molecule has 2 rings (SSSR count). The van der Waals surface area contributed by atoms with Crippen molar-refractivity contribution >= 4 is 0 Å². The second kappa shape index (κ2) is 4.63. The predicted molar refractivity (Wildman–Crippen MR) is 60.5 cm³/mol. The minimum atomic E-state index is 0.799. The van der Waals surface area contributed by atoms with Gasteiger partial charge in [-0.25, -0.2) is 0 Å². The quantitative estimate of drug-likeness (QED) is 0.743. The van der Waals surface area contributed by atoms with Crippen LogP contribution in [0.1, 0.15) is 46.0 Å². The van der Waals surface area contributed by atoms with Crippen LogP contribution >= 0.6 is 0 Å². The van der Waals surface area contributed by atoms with Crippen molar-refractivity contribution in [3.8, 4) is 0 Å². The molecule has 82 valence electrons. The molecule has 2 saturated heterocycles. The van der Waals surface area contributed by atoms with Crippen LogP contribution in [0.2, 0.25) is 0 Å². The molecule has 1 N–H and O–H groups in total. The SMILES string of the molecule is CCCC(C)N1CCC[C@H]2NCC[C@H]21. The molecule has 2 heteroatoms. The van der Waals surface area contributed by atoms with Gasteiger partial charge in [-0.05, 0) is 45.7 Å². The van der Waals surface area contributed by atoms with Crippen molar-refractivity contribution in [2.24, 2.45) is 0 Å². The molecule has 0 amide bonds. The van der Waals surface area contributed by atoms with Crippen molar-refractivity contribution in [1.82, 2.24) is 10.2 Å². The van der Waals surface area contributed by atoms with Gasteiger partial charge in [-0.1, -0.05) is 13.3 Å². The first-order chi connectivity index (χ1) is 6.83. The lowest BCUT2D eigenvalue weighted by Gasteiger charge is -2.41. The summed E-state index contributed by atoms with van der Waals surface area (Å²) in [5, 5.41) is 3.64. The van der Waals surface area contributed by atoms with Crippen LogP contribution in [0.15, 0.2) is 0 Å². The highest BCUT2D eigenvalue weighted by atomic mass is 15.2. The van der Waals surface area contributed by atoms with Crippen LogP contribution in [0.25, 0.3) is 0 Å². The van der Waals surface area contributed by atoms with E-state index in [0.29, 0.717) is 0 Å². The van der Waals surface area contributed by atoms with E-state index >= 15 is 0 Å². The van der Waals surface area contributed by atoms with E-state index in [2.05, 4.69) is 24.1 Å². The summed E-state index contributed by atoms with van der Waals surface area (Å²) in [6, 6.07) is 2.46. The molecular formula is C12H24N2. The second-order valence-electron chi connectivity index (χ2n) is 4.93. The fraction of sp³-hybridized carbons (Fsp3) is 1.00. The molecule has 1 unspecified atom stereocenters. The Hall–Kier alpha value is -0.0800. The lowest BCUT2D eigenvalue weighted by atomic mass is 9.95. The Labute approximate surface area is 88.1 Å². The summed E-state index contributed by atoms with van der Waals surface area (Å²) in [7, 11) is 0. The first-order valence-corrected chi connectivity index (χ1v) is 6.32. The van der Waals surface area contributed by atoms with Gasteiger partial charge in [0, 0.05) is 18.1 Å². The Morgan fingerprint density at radius 3 is 3.07 bits per heavy atom. The summed E-state index contributed by atoms with van der Waals surface area (Å²) in [4.78, 5) is 2.76. The summed E-state index contributed by atoms with van der Waals surface area (Å²) >= 11 is 0.